The summed E-state index contributed by atoms with van der Waals surface area (Å²) < 4.78 is 13.1. The molecule has 1 aromatic carbocycles. The number of amides is 1. The predicted molar refractivity (Wildman–Crippen MR) is 124 cm³/mol. The van der Waals surface area contributed by atoms with Crippen molar-refractivity contribution < 1.29 is 9.28 Å². The molecule has 1 fully saturated rings. The first kappa shape index (κ1) is 21.8. The normalized spacial score (nSPS) is 17.0. The van der Waals surface area contributed by atoms with Gasteiger partial charge in [-0.25, -0.2) is 5.54 Å². The highest BCUT2D eigenvalue weighted by Gasteiger charge is 2.25. The molecule has 1 amide bonds. The summed E-state index contributed by atoms with van der Waals surface area (Å²) in [7, 11) is 0. The molecule has 0 radical (unpaired) electrons. The standard InChI is InChI=1S/C23H27FN6O2/c1-3-16-9-20-21(27-23(16)32)8-15(11-26-20)13-29-6-7-30(12-14(29)2)17-4-5-18(22(25)31)19(10-17)28-24/h4-5,8-11,14,28H,3,6-7,12-13H2,1-2H3,(H2,25,31)(H,27,32)/t14-/m1/s1. The van der Waals surface area contributed by atoms with Crippen molar-refractivity contribution in [2.45, 2.75) is 32.9 Å². The van der Waals surface area contributed by atoms with Gasteiger partial charge in [-0.15, -0.1) is 4.48 Å². The fraction of sp³-hybridized carbons (Fsp3) is 0.348. The van der Waals surface area contributed by atoms with Crippen LogP contribution in [0.5, 0.6) is 0 Å². The summed E-state index contributed by atoms with van der Waals surface area (Å²) in [6.45, 7) is 7.12. The predicted octanol–water partition coefficient (Wildman–Crippen LogP) is 2.59. The monoisotopic (exact) mass is 438 g/mol. The first-order valence-electron chi connectivity index (χ1n) is 10.7. The van der Waals surface area contributed by atoms with Crippen LogP contribution in [0.4, 0.5) is 15.9 Å². The molecular weight excluding hydrogens is 411 g/mol. The van der Waals surface area contributed by atoms with Crippen LogP contribution in [-0.4, -0.2) is 46.5 Å². The smallest absolute Gasteiger partial charge is 0.251 e. The second kappa shape index (κ2) is 8.96. The van der Waals surface area contributed by atoms with Crippen LogP contribution in [0.3, 0.4) is 0 Å². The van der Waals surface area contributed by atoms with Gasteiger partial charge < -0.3 is 15.6 Å². The highest BCUT2D eigenvalue weighted by atomic mass is 19.2. The summed E-state index contributed by atoms with van der Waals surface area (Å²) in [6.07, 6.45) is 2.53. The van der Waals surface area contributed by atoms with Gasteiger partial charge in [-0.2, -0.15) is 0 Å². The Morgan fingerprint density at radius 1 is 1.31 bits per heavy atom. The summed E-state index contributed by atoms with van der Waals surface area (Å²) in [5.74, 6) is -0.675. The lowest BCUT2D eigenvalue weighted by atomic mass is 10.1. The highest BCUT2D eigenvalue weighted by molar-refractivity contribution is 5.99. The van der Waals surface area contributed by atoms with E-state index in [-0.39, 0.29) is 22.9 Å². The lowest BCUT2D eigenvalue weighted by molar-refractivity contribution is 0.100. The van der Waals surface area contributed by atoms with E-state index in [9.17, 15) is 14.1 Å². The molecule has 3 heterocycles. The zero-order chi connectivity index (χ0) is 22.8. The number of anilines is 2. The summed E-state index contributed by atoms with van der Waals surface area (Å²) >= 11 is 0. The summed E-state index contributed by atoms with van der Waals surface area (Å²) in [5, 5.41) is 0. The van der Waals surface area contributed by atoms with Gasteiger partial charge in [0.25, 0.3) is 11.5 Å². The first-order chi connectivity index (χ1) is 15.4. The third-order valence-corrected chi connectivity index (χ3v) is 6.09. The molecule has 4 N–H and O–H groups in total. The summed E-state index contributed by atoms with van der Waals surface area (Å²) in [5.41, 5.74) is 11.1. The third-order valence-electron chi connectivity index (χ3n) is 6.09. The van der Waals surface area contributed by atoms with Crippen LogP contribution in [0.25, 0.3) is 11.0 Å². The molecule has 168 valence electrons. The van der Waals surface area contributed by atoms with Gasteiger partial charge in [0.05, 0.1) is 22.3 Å². The maximum atomic E-state index is 13.1. The number of benzene rings is 1. The Morgan fingerprint density at radius 2 is 2.12 bits per heavy atom. The Bertz CT molecular complexity index is 1210. The van der Waals surface area contributed by atoms with Crippen molar-refractivity contribution >= 4 is 28.3 Å². The number of nitrogens with one attached hydrogen (secondary N) is 2. The number of pyridine rings is 2. The number of nitrogens with two attached hydrogens (primary N) is 1. The van der Waals surface area contributed by atoms with Crippen molar-refractivity contribution in [1.29, 1.82) is 0 Å². The number of carbonyl (C=O) groups is 1. The van der Waals surface area contributed by atoms with E-state index in [0.717, 1.165) is 47.5 Å². The van der Waals surface area contributed by atoms with Gasteiger partial charge in [-0.05, 0) is 49.2 Å². The van der Waals surface area contributed by atoms with E-state index in [2.05, 4.69) is 26.7 Å². The van der Waals surface area contributed by atoms with Crippen LogP contribution in [0, 0.1) is 0 Å². The van der Waals surface area contributed by atoms with Gasteiger partial charge >= 0.3 is 0 Å². The van der Waals surface area contributed by atoms with E-state index < -0.39 is 5.91 Å². The number of hydrogen-bond donors (Lipinski definition) is 3. The van der Waals surface area contributed by atoms with Crippen LogP contribution in [0.15, 0.2) is 41.3 Å². The molecule has 0 spiro atoms. The Balaban J connectivity index is 1.47. The highest BCUT2D eigenvalue weighted by Crippen LogP contribution is 2.26. The molecule has 4 rings (SSSR count). The molecule has 1 saturated heterocycles. The van der Waals surface area contributed by atoms with Crippen molar-refractivity contribution in [1.82, 2.24) is 14.9 Å². The number of H-pyrrole nitrogens is 1. The van der Waals surface area contributed by atoms with Crippen molar-refractivity contribution in [3.63, 3.8) is 0 Å². The van der Waals surface area contributed by atoms with Crippen LogP contribution >= 0.6 is 0 Å². The molecule has 0 bridgehead atoms. The second-order valence-corrected chi connectivity index (χ2v) is 8.21. The quantitative estimate of drug-likeness (QED) is 0.511. The number of halogens is 1. The molecule has 1 aliphatic rings. The molecule has 0 unspecified atom stereocenters. The molecule has 1 atom stereocenters. The van der Waals surface area contributed by atoms with Gasteiger partial charge in [0.2, 0.25) is 0 Å². The number of aromatic nitrogens is 2. The fourth-order valence-corrected chi connectivity index (χ4v) is 4.24. The van der Waals surface area contributed by atoms with E-state index in [1.54, 1.807) is 23.7 Å². The Labute approximate surface area is 185 Å². The van der Waals surface area contributed by atoms with Gasteiger partial charge in [-0.3, -0.25) is 19.5 Å². The minimum absolute atomic E-state index is 0.0644. The molecule has 0 aliphatic carbocycles. The lowest BCUT2D eigenvalue weighted by Crippen LogP contribution is -2.51. The topological polar surface area (TPSA) is 107 Å². The second-order valence-electron chi connectivity index (χ2n) is 8.21. The van der Waals surface area contributed by atoms with Gasteiger partial charge in [0.15, 0.2) is 0 Å². The molecule has 9 heteroatoms. The Hall–Kier alpha value is -3.46. The van der Waals surface area contributed by atoms with Crippen LogP contribution in [0.2, 0.25) is 0 Å². The number of hydrogen-bond acceptors (Lipinski definition) is 6. The summed E-state index contributed by atoms with van der Waals surface area (Å²) in [6, 6.07) is 9.02. The minimum Gasteiger partial charge on any atom is -0.369 e. The average Bonchev–Trinajstić information content (AvgIpc) is 2.79. The zero-order valence-corrected chi connectivity index (χ0v) is 18.2. The van der Waals surface area contributed by atoms with Crippen LogP contribution in [-0.2, 0) is 13.0 Å². The van der Waals surface area contributed by atoms with Crippen molar-refractivity contribution in [2.75, 3.05) is 30.1 Å². The Morgan fingerprint density at radius 3 is 2.81 bits per heavy atom. The van der Waals surface area contributed by atoms with Crippen molar-refractivity contribution in [3.8, 4) is 0 Å². The van der Waals surface area contributed by atoms with Crippen LogP contribution in [0.1, 0.15) is 35.3 Å². The van der Waals surface area contributed by atoms with Crippen molar-refractivity contribution in [2.24, 2.45) is 5.73 Å². The van der Waals surface area contributed by atoms with E-state index in [4.69, 9.17) is 5.73 Å². The molecule has 32 heavy (non-hydrogen) atoms. The lowest BCUT2D eigenvalue weighted by Gasteiger charge is -2.41. The zero-order valence-electron chi connectivity index (χ0n) is 18.2. The molecular formula is C23H27FN6O2. The van der Waals surface area contributed by atoms with E-state index in [1.165, 1.54) is 0 Å². The number of carbonyl (C=O) groups excluding carboxylic acids is 1. The molecule has 2 aromatic heterocycles. The first-order valence-corrected chi connectivity index (χ1v) is 10.7. The van der Waals surface area contributed by atoms with Crippen LogP contribution < -0.4 is 21.7 Å². The maximum Gasteiger partial charge on any atom is 0.251 e. The Kier molecular flexibility index (Phi) is 6.09. The van der Waals surface area contributed by atoms with Gasteiger partial charge in [0.1, 0.15) is 0 Å². The maximum absolute atomic E-state index is 13.1. The van der Waals surface area contributed by atoms with E-state index >= 15 is 0 Å². The number of piperazine rings is 1. The number of fused-ring (bicyclic) bond motifs is 1. The molecule has 3 aromatic rings. The number of primary amides is 1. The number of aromatic amines is 1. The summed E-state index contributed by atoms with van der Waals surface area (Å²) in [4.78, 5) is 35.6. The number of nitrogens with zero attached hydrogens (tertiary/aromatic N) is 3. The van der Waals surface area contributed by atoms with Gasteiger partial charge in [0, 0.05) is 49.7 Å². The average molecular weight is 439 g/mol. The fourth-order valence-electron chi connectivity index (χ4n) is 4.24. The van der Waals surface area contributed by atoms with E-state index in [1.807, 2.05) is 25.3 Å². The number of aryl methyl sites for hydroxylation is 1. The third kappa shape index (κ3) is 4.29. The largest absolute Gasteiger partial charge is 0.369 e. The number of rotatable bonds is 6. The molecule has 1 aliphatic heterocycles. The van der Waals surface area contributed by atoms with E-state index in [0.29, 0.717) is 13.0 Å². The SMILES string of the molecule is CCc1cc2ncc(CN3CCN(c4ccc(C(N)=O)c(NF)c4)C[C@H]3C)cc2[nH]c1=O. The van der Waals surface area contributed by atoms with Crippen molar-refractivity contribution in [3.05, 3.63) is 63.6 Å². The molecule has 0 saturated carbocycles. The minimum atomic E-state index is -0.675. The van der Waals surface area contributed by atoms with Gasteiger partial charge in [-0.1, -0.05) is 6.92 Å². The molecule has 8 nitrogen and oxygen atoms in total.